The van der Waals surface area contributed by atoms with E-state index in [4.69, 9.17) is 14.9 Å². The Morgan fingerprint density at radius 1 is 1.11 bits per heavy atom. The maximum Gasteiger partial charge on any atom is 0.316 e. The van der Waals surface area contributed by atoms with Crippen molar-refractivity contribution >= 4 is 94.2 Å². The van der Waals surface area contributed by atoms with Crippen molar-refractivity contribution in [3.8, 4) is 0 Å². The van der Waals surface area contributed by atoms with Gasteiger partial charge in [-0.1, -0.05) is 12.1 Å². The van der Waals surface area contributed by atoms with Crippen molar-refractivity contribution in [1.29, 1.82) is 0 Å². The Kier molecular flexibility index (Phi) is 10.3. The topological polar surface area (TPSA) is 121 Å². The zero-order valence-corrected chi connectivity index (χ0v) is 8.63. The SMILES string of the molecule is O=C(O)c1ccccc1C(=O)OP(=O)(O)O.[KH].[MgH2]. The first kappa shape index (κ1) is 21.0. The number of hydrogen-bond donors (Lipinski definition) is 3. The van der Waals surface area contributed by atoms with Crippen LogP contribution in [0.4, 0.5) is 0 Å². The number of phosphoric acid groups is 1. The summed E-state index contributed by atoms with van der Waals surface area (Å²) in [4.78, 5) is 38.7. The van der Waals surface area contributed by atoms with Crippen molar-refractivity contribution < 1.29 is 33.6 Å². The maximum absolute atomic E-state index is 11.2. The van der Waals surface area contributed by atoms with Gasteiger partial charge in [0.15, 0.2) is 0 Å². The molecule has 0 spiro atoms. The van der Waals surface area contributed by atoms with Gasteiger partial charge in [-0.25, -0.2) is 14.2 Å². The van der Waals surface area contributed by atoms with Crippen LogP contribution >= 0.6 is 7.82 Å². The Bertz CT molecular complexity index is 486. The fourth-order valence-corrected chi connectivity index (χ4v) is 1.32. The Balaban J connectivity index is 0. The van der Waals surface area contributed by atoms with Gasteiger partial charge in [0.1, 0.15) is 0 Å². The van der Waals surface area contributed by atoms with Crippen LogP contribution in [0.3, 0.4) is 0 Å². The van der Waals surface area contributed by atoms with Crippen LogP contribution in [0.25, 0.3) is 0 Å². The summed E-state index contributed by atoms with van der Waals surface area (Å²) < 4.78 is 14.2. The van der Waals surface area contributed by atoms with Gasteiger partial charge in [0.2, 0.25) is 0 Å². The molecule has 0 unspecified atom stereocenters. The number of carboxylic acids is 1. The van der Waals surface area contributed by atoms with E-state index >= 15 is 0 Å². The first-order valence-electron chi connectivity index (χ1n) is 3.93. The van der Waals surface area contributed by atoms with Gasteiger partial charge < -0.3 is 9.63 Å². The molecule has 0 heterocycles. The monoisotopic (exact) mass is 312 g/mol. The molecule has 0 saturated heterocycles. The minimum atomic E-state index is -4.98. The quantitative estimate of drug-likeness (QED) is 0.487. The molecule has 0 saturated carbocycles. The fraction of sp³-hybridized carbons (Fsp3) is 0. The minimum absolute atomic E-state index is 0. The first-order chi connectivity index (χ1) is 7.31. The van der Waals surface area contributed by atoms with E-state index in [-0.39, 0.29) is 80.0 Å². The molecule has 92 valence electrons. The average Bonchev–Trinajstić information content (AvgIpc) is 2.15. The number of carboxylic acid groups (broad SMARTS) is 1. The number of carbonyl (C=O) groups is 2. The molecule has 1 aromatic rings. The van der Waals surface area contributed by atoms with Crippen LogP contribution in [0.5, 0.6) is 0 Å². The number of phosphoric ester groups is 1. The van der Waals surface area contributed by atoms with Gasteiger partial charge >= 0.3 is 94.2 Å². The Labute approximate surface area is 161 Å². The summed E-state index contributed by atoms with van der Waals surface area (Å²) in [6.45, 7) is 0. The largest absolute Gasteiger partial charge is 0.316 e. The van der Waals surface area contributed by atoms with E-state index in [1.807, 2.05) is 0 Å². The molecule has 0 aliphatic carbocycles. The molecule has 3 N–H and O–H groups in total. The molecular weight excluding hydrogens is 302 g/mol. The average molecular weight is 313 g/mol. The summed E-state index contributed by atoms with van der Waals surface area (Å²) >= 11 is 0. The first-order valence-corrected chi connectivity index (χ1v) is 5.46. The van der Waals surface area contributed by atoms with E-state index in [9.17, 15) is 14.2 Å². The van der Waals surface area contributed by atoms with Crippen molar-refractivity contribution in [2.24, 2.45) is 0 Å². The number of rotatable bonds is 3. The van der Waals surface area contributed by atoms with Crippen LogP contribution in [0.15, 0.2) is 24.3 Å². The predicted molar refractivity (Wildman–Crippen MR) is 66.6 cm³/mol. The number of hydrogen-bond acceptors (Lipinski definition) is 4. The summed E-state index contributed by atoms with van der Waals surface area (Å²) in [5.74, 6) is -2.77. The van der Waals surface area contributed by atoms with Gasteiger partial charge in [-0.05, 0) is 12.1 Å². The maximum atomic E-state index is 11.2. The molecule has 1 rings (SSSR count). The molecule has 0 radical (unpaired) electrons. The van der Waals surface area contributed by atoms with Gasteiger partial charge in [0, 0.05) is 0 Å². The summed E-state index contributed by atoms with van der Waals surface area (Å²) in [6, 6.07) is 4.94. The second-order valence-corrected chi connectivity index (χ2v) is 3.88. The van der Waals surface area contributed by atoms with Gasteiger partial charge in [0.25, 0.3) is 0 Å². The Morgan fingerprint density at radius 3 is 1.94 bits per heavy atom. The second-order valence-electron chi connectivity index (χ2n) is 2.72. The van der Waals surface area contributed by atoms with Crippen LogP contribution in [0.2, 0.25) is 0 Å². The van der Waals surface area contributed by atoms with Gasteiger partial charge in [-0.15, -0.1) is 0 Å². The number of benzene rings is 1. The van der Waals surface area contributed by atoms with Gasteiger partial charge in [0.05, 0.1) is 11.1 Å². The molecule has 18 heavy (non-hydrogen) atoms. The van der Waals surface area contributed by atoms with Gasteiger partial charge in [-0.3, -0.25) is 9.79 Å². The molecule has 1 aromatic carbocycles. The van der Waals surface area contributed by atoms with Crippen molar-refractivity contribution in [3.05, 3.63) is 35.4 Å². The normalized spacial score (nSPS) is 9.67. The third-order valence-corrected chi connectivity index (χ3v) is 1.98. The van der Waals surface area contributed by atoms with Crippen molar-refractivity contribution in [3.63, 3.8) is 0 Å². The molecule has 0 aromatic heterocycles. The smallest absolute Gasteiger partial charge is 0.316 e. The van der Waals surface area contributed by atoms with Crippen LogP contribution < -0.4 is 0 Å². The summed E-state index contributed by atoms with van der Waals surface area (Å²) in [5, 5.41) is 8.71. The van der Waals surface area contributed by atoms with Gasteiger partial charge in [-0.2, -0.15) is 0 Å². The van der Waals surface area contributed by atoms with E-state index in [2.05, 4.69) is 4.52 Å². The predicted octanol–water partition coefficient (Wildman–Crippen LogP) is -0.930. The van der Waals surface area contributed by atoms with E-state index in [1.165, 1.54) is 12.1 Å². The van der Waals surface area contributed by atoms with Crippen LogP contribution in [-0.4, -0.2) is 101 Å². The molecule has 0 amide bonds. The molecule has 0 aliphatic rings. The van der Waals surface area contributed by atoms with Crippen molar-refractivity contribution in [2.45, 2.75) is 0 Å². The van der Waals surface area contributed by atoms with Crippen LogP contribution in [-0.2, 0) is 9.09 Å². The zero-order valence-electron chi connectivity index (χ0n) is 7.73. The van der Waals surface area contributed by atoms with Crippen molar-refractivity contribution in [1.82, 2.24) is 0 Å². The second kappa shape index (κ2) is 8.80. The molecular formula is C8H10KMgO7P. The number of carbonyl (C=O) groups excluding carboxylic acids is 1. The third kappa shape index (κ3) is 6.76. The van der Waals surface area contributed by atoms with E-state index < -0.39 is 25.3 Å². The van der Waals surface area contributed by atoms with E-state index in [0.29, 0.717) is 0 Å². The van der Waals surface area contributed by atoms with Crippen LogP contribution in [0.1, 0.15) is 20.7 Å². The number of aromatic carboxylic acids is 1. The molecule has 7 nitrogen and oxygen atoms in total. The Morgan fingerprint density at radius 2 is 1.56 bits per heavy atom. The summed E-state index contributed by atoms with van der Waals surface area (Å²) in [5.41, 5.74) is -0.806. The fourth-order valence-electron chi connectivity index (χ4n) is 1.00. The minimum Gasteiger partial charge on any atom is 0.316 e. The molecule has 10 heteroatoms. The standard InChI is InChI=1S/C8H7O7P.K.Mg.3H/c9-7(10)5-3-1-2-4-6(5)8(11)15-16(12,13)14;;;;;/h1-4H,(H,9,10)(H2,12,13,14);;;;;. The molecule has 0 bridgehead atoms. The van der Waals surface area contributed by atoms with E-state index in [1.54, 1.807) is 0 Å². The molecule has 0 atom stereocenters. The zero-order chi connectivity index (χ0) is 12.3. The Hall–Kier alpha value is 0.713. The summed E-state index contributed by atoms with van der Waals surface area (Å²) in [7, 11) is -4.98. The van der Waals surface area contributed by atoms with Crippen LogP contribution in [0, 0.1) is 0 Å². The molecule has 0 fully saturated rings. The summed E-state index contributed by atoms with van der Waals surface area (Å²) in [6.07, 6.45) is 0. The van der Waals surface area contributed by atoms with Crippen molar-refractivity contribution in [2.75, 3.05) is 0 Å². The van der Waals surface area contributed by atoms with E-state index in [0.717, 1.165) is 12.1 Å². The molecule has 0 aliphatic heterocycles. The third-order valence-electron chi connectivity index (χ3n) is 1.58.